The number of benzene rings is 1. The molecule has 140 valence electrons. The molecular formula is C14H20ClN3O6S. The molecule has 1 aromatic rings. The fourth-order valence-corrected chi connectivity index (χ4v) is 4.50. The fourth-order valence-electron chi connectivity index (χ4n) is 2.93. The van der Waals surface area contributed by atoms with Gasteiger partial charge in [0.1, 0.15) is 13.2 Å². The second-order valence-electron chi connectivity index (χ2n) is 5.72. The van der Waals surface area contributed by atoms with Crippen LogP contribution < -0.4 is 14.8 Å². The Kier molecular flexibility index (Phi) is 6.09. The lowest BCUT2D eigenvalue weighted by atomic mass is 10.1. The summed E-state index contributed by atoms with van der Waals surface area (Å²) < 4.78 is 37.8. The van der Waals surface area contributed by atoms with Gasteiger partial charge in [0.15, 0.2) is 16.4 Å². The number of ether oxygens (including phenoxy) is 2. The van der Waals surface area contributed by atoms with E-state index in [1.54, 1.807) is 0 Å². The van der Waals surface area contributed by atoms with Crippen molar-refractivity contribution in [3.05, 3.63) is 22.2 Å². The van der Waals surface area contributed by atoms with E-state index < -0.39 is 20.6 Å². The number of hydrogen-bond acceptors (Lipinski definition) is 7. The van der Waals surface area contributed by atoms with Crippen LogP contribution in [0.25, 0.3) is 0 Å². The first kappa shape index (κ1) is 19.7. The van der Waals surface area contributed by atoms with E-state index in [9.17, 15) is 18.5 Å². The first-order chi connectivity index (χ1) is 11.4. The third-order valence-corrected chi connectivity index (χ3v) is 6.24. The number of nitrogens with zero attached hydrogens (tertiary/aromatic N) is 2. The average Bonchev–Trinajstić information content (AvgIpc) is 2.60. The summed E-state index contributed by atoms with van der Waals surface area (Å²) in [5, 5.41) is 14.5. The van der Waals surface area contributed by atoms with E-state index in [4.69, 9.17) is 9.47 Å². The normalized spacial score (nSPS) is 17.8. The Morgan fingerprint density at radius 2 is 1.76 bits per heavy atom. The minimum Gasteiger partial charge on any atom is -0.486 e. The lowest BCUT2D eigenvalue weighted by Crippen LogP contribution is -2.44. The van der Waals surface area contributed by atoms with E-state index in [1.165, 1.54) is 17.4 Å². The molecule has 0 aromatic heterocycles. The first-order valence-electron chi connectivity index (χ1n) is 7.68. The molecule has 2 heterocycles. The largest absolute Gasteiger partial charge is 0.486 e. The number of hydrogen-bond donors (Lipinski definition) is 1. The lowest BCUT2D eigenvalue weighted by molar-refractivity contribution is -0.388. The van der Waals surface area contributed by atoms with Crippen molar-refractivity contribution in [1.82, 2.24) is 9.62 Å². The van der Waals surface area contributed by atoms with Gasteiger partial charge in [-0.25, -0.2) is 8.42 Å². The van der Waals surface area contributed by atoms with Crippen LogP contribution in [0.1, 0.15) is 12.8 Å². The van der Waals surface area contributed by atoms with Crippen molar-refractivity contribution in [3.8, 4) is 11.5 Å². The number of rotatable bonds is 4. The Balaban J connectivity index is 0.00000225. The van der Waals surface area contributed by atoms with Crippen molar-refractivity contribution in [1.29, 1.82) is 0 Å². The summed E-state index contributed by atoms with van der Waals surface area (Å²) >= 11 is 0. The minimum absolute atomic E-state index is 0. The van der Waals surface area contributed by atoms with Crippen LogP contribution in [0.3, 0.4) is 0 Å². The van der Waals surface area contributed by atoms with Crippen molar-refractivity contribution < 1.29 is 22.8 Å². The molecule has 11 heteroatoms. The van der Waals surface area contributed by atoms with Gasteiger partial charge in [0.05, 0.1) is 11.0 Å². The van der Waals surface area contributed by atoms with Gasteiger partial charge >= 0.3 is 0 Å². The van der Waals surface area contributed by atoms with Crippen LogP contribution in [0.4, 0.5) is 5.69 Å². The Bertz CT molecular complexity index is 751. The zero-order chi connectivity index (χ0) is 17.3. The van der Waals surface area contributed by atoms with Crippen LogP contribution in [0.15, 0.2) is 17.0 Å². The highest BCUT2D eigenvalue weighted by Gasteiger charge is 2.36. The molecule has 0 atom stereocenters. The summed E-state index contributed by atoms with van der Waals surface area (Å²) in [6.45, 7) is 1.97. The number of fused-ring (bicyclic) bond motifs is 1. The van der Waals surface area contributed by atoms with E-state index in [2.05, 4.69) is 5.32 Å². The molecule has 3 rings (SSSR count). The lowest BCUT2D eigenvalue weighted by Gasteiger charge is -2.31. The third kappa shape index (κ3) is 3.81. The molecule has 0 saturated carbocycles. The van der Waals surface area contributed by atoms with Crippen LogP contribution in [-0.4, -0.2) is 57.0 Å². The molecule has 1 aromatic carbocycles. The standard InChI is InChI=1S/C14H19N3O6S.ClH/c1-16(10-2-4-15-5-3-10)24(20,21)14-9-13-12(22-6-7-23-13)8-11(14)17(18)19;/h8-10,15H,2-7H2,1H3;1H. The van der Waals surface area contributed by atoms with Crippen molar-refractivity contribution in [3.63, 3.8) is 0 Å². The summed E-state index contributed by atoms with van der Waals surface area (Å²) in [5.41, 5.74) is -0.500. The molecule has 25 heavy (non-hydrogen) atoms. The number of nitro benzene ring substituents is 1. The van der Waals surface area contributed by atoms with Gasteiger partial charge in [-0.3, -0.25) is 10.1 Å². The predicted molar refractivity (Wildman–Crippen MR) is 92.2 cm³/mol. The summed E-state index contributed by atoms with van der Waals surface area (Å²) in [4.78, 5) is 10.3. The van der Waals surface area contributed by atoms with Crippen molar-refractivity contribution >= 4 is 28.1 Å². The van der Waals surface area contributed by atoms with E-state index in [0.29, 0.717) is 25.9 Å². The summed E-state index contributed by atoms with van der Waals surface area (Å²) in [5.74, 6) is 0.403. The molecule has 0 aliphatic carbocycles. The van der Waals surface area contributed by atoms with Gasteiger partial charge in [-0.05, 0) is 25.9 Å². The molecule has 1 saturated heterocycles. The molecule has 0 unspecified atom stereocenters. The average molecular weight is 394 g/mol. The Labute approximate surface area is 151 Å². The second-order valence-corrected chi connectivity index (χ2v) is 7.69. The highest BCUT2D eigenvalue weighted by molar-refractivity contribution is 7.89. The topological polar surface area (TPSA) is 111 Å². The van der Waals surface area contributed by atoms with E-state index in [1.807, 2.05) is 0 Å². The molecule has 2 aliphatic heterocycles. The van der Waals surface area contributed by atoms with Gasteiger partial charge < -0.3 is 14.8 Å². The first-order valence-corrected chi connectivity index (χ1v) is 9.12. The molecule has 0 radical (unpaired) electrons. The smallest absolute Gasteiger partial charge is 0.293 e. The van der Waals surface area contributed by atoms with Gasteiger partial charge in [-0.15, -0.1) is 12.4 Å². The minimum atomic E-state index is -4.02. The molecule has 9 nitrogen and oxygen atoms in total. The van der Waals surface area contributed by atoms with Gasteiger partial charge in [0.2, 0.25) is 10.0 Å². The fraction of sp³-hybridized carbons (Fsp3) is 0.571. The molecular weight excluding hydrogens is 374 g/mol. The van der Waals surface area contributed by atoms with Crippen LogP contribution in [-0.2, 0) is 10.0 Å². The predicted octanol–water partition coefficient (Wildman–Crippen LogP) is 1.16. The highest BCUT2D eigenvalue weighted by Crippen LogP contribution is 2.39. The molecule has 0 spiro atoms. The zero-order valence-corrected chi connectivity index (χ0v) is 15.3. The maximum absolute atomic E-state index is 12.9. The molecule has 0 amide bonds. The summed E-state index contributed by atoms with van der Waals surface area (Å²) in [7, 11) is -2.56. The molecule has 0 bridgehead atoms. The molecule has 1 N–H and O–H groups in total. The molecule has 1 fully saturated rings. The van der Waals surface area contributed by atoms with E-state index in [-0.39, 0.29) is 48.1 Å². The van der Waals surface area contributed by atoms with Crippen molar-refractivity contribution in [2.45, 2.75) is 23.8 Å². The highest BCUT2D eigenvalue weighted by atomic mass is 35.5. The van der Waals surface area contributed by atoms with Crippen LogP contribution in [0.5, 0.6) is 11.5 Å². The number of nitro groups is 1. The van der Waals surface area contributed by atoms with Crippen LogP contribution in [0, 0.1) is 10.1 Å². The second kappa shape index (κ2) is 7.73. The van der Waals surface area contributed by atoms with Crippen LogP contribution >= 0.6 is 12.4 Å². The number of sulfonamides is 1. The van der Waals surface area contributed by atoms with E-state index in [0.717, 1.165) is 6.07 Å². The molecule has 2 aliphatic rings. The van der Waals surface area contributed by atoms with Crippen LogP contribution in [0.2, 0.25) is 0 Å². The quantitative estimate of drug-likeness (QED) is 0.603. The number of piperidine rings is 1. The zero-order valence-electron chi connectivity index (χ0n) is 13.6. The Morgan fingerprint density at radius 1 is 1.20 bits per heavy atom. The number of nitrogens with one attached hydrogen (secondary N) is 1. The maximum atomic E-state index is 12.9. The van der Waals surface area contributed by atoms with Crippen molar-refractivity contribution in [2.75, 3.05) is 33.4 Å². The number of halogens is 1. The third-order valence-electron chi connectivity index (χ3n) is 4.30. The Morgan fingerprint density at radius 3 is 2.32 bits per heavy atom. The Hall–Kier alpha value is -1.62. The van der Waals surface area contributed by atoms with Gasteiger partial charge in [0.25, 0.3) is 5.69 Å². The monoisotopic (exact) mass is 393 g/mol. The van der Waals surface area contributed by atoms with Gasteiger partial charge in [-0.2, -0.15) is 4.31 Å². The summed E-state index contributed by atoms with van der Waals surface area (Å²) in [6, 6.07) is 2.13. The maximum Gasteiger partial charge on any atom is 0.293 e. The van der Waals surface area contributed by atoms with Gasteiger partial charge in [-0.1, -0.05) is 0 Å². The summed E-state index contributed by atoms with van der Waals surface area (Å²) in [6.07, 6.45) is 1.32. The van der Waals surface area contributed by atoms with Crippen molar-refractivity contribution in [2.24, 2.45) is 0 Å². The SMILES string of the molecule is CN(C1CCNCC1)S(=O)(=O)c1cc2c(cc1[N+](=O)[O-])OCCO2.Cl. The van der Waals surface area contributed by atoms with Gasteiger partial charge in [0, 0.05) is 19.2 Å². The van der Waals surface area contributed by atoms with E-state index >= 15 is 0 Å².